The number of aromatic carboxylic acids is 1. The van der Waals surface area contributed by atoms with Gasteiger partial charge in [0.1, 0.15) is 11.4 Å². The molecule has 0 aliphatic rings. The fraction of sp³-hybridized carbons (Fsp3) is 0.214. The number of aromatic nitrogens is 3. The zero-order chi connectivity index (χ0) is 14.7. The minimum absolute atomic E-state index is 0.101. The second kappa shape index (κ2) is 5.56. The maximum Gasteiger partial charge on any atom is 0.358 e. The highest BCUT2D eigenvalue weighted by atomic mass is 16.5. The molecule has 6 heteroatoms. The summed E-state index contributed by atoms with van der Waals surface area (Å²) in [6.07, 6.45) is 0. The minimum atomic E-state index is -1.13. The molecule has 0 amide bonds. The number of carboxylic acid groups (broad SMARTS) is 1. The molecule has 0 spiro atoms. The molecule has 1 N–H and O–H groups in total. The average Bonchev–Trinajstić information content (AvgIpc) is 2.81. The van der Waals surface area contributed by atoms with Gasteiger partial charge in [-0.15, -0.1) is 5.10 Å². The summed E-state index contributed by atoms with van der Waals surface area (Å²) in [5.41, 5.74) is 1.80. The SMILES string of the molecule is C=C(C)Cn1nnc(C(=O)O)c1-c1ccccc1OC. The van der Waals surface area contributed by atoms with Gasteiger partial charge in [0.05, 0.1) is 13.7 Å². The second-order valence-corrected chi connectivity index (χ2v) is 4.41. The Morgan fingerprint density at radius 1 is 1.45 bits per heavy atom. The first-order valence-corrected chi connectivity index (χ1v) is 5.99. The second-order valence-electron chi connectivity index (χ2n) is 4.41. The van der Waals surface area contributed by atoms with Crippen LogP contribution in [-0.2, 0) is 6.54 Å². The van der Waals surface area contributed by atoms with Crippen LogP contribution in [0.3, 0.4) is 0 Å². The molecule has 1 aromatic carbocycles. The van der Waals surface area contributed by atoms with Crippen molar-refractivity contribution >= 4 is 5.97 Å². The molecule has 1 aromatic heterocycles. The summed E-state index contributed by atoms with van der Waals surface area (Å²) >= 11 is 0. The largest absolute Gasteiger partial charge is 0.496 e. The molecule has 2 rings (SSSR count). The van der Waals surface area contributed by atoms with Gasteiger partial charge in [0.15, 0.2) is 5.69 Å². The Morgan fingerprint density at radius 2 is 2.15 bits per heavy atom. The lowest BCUT2D eigenvalue weighted by molar-refractivity contribution is 0.0691. The maximum atomic E-state index is 11.3. The predicted octanol–water partition coefficient (Wildman–Crippen LogP) is 2.23. The van der Waals surface area contributed by atoms with E-state index in [9.17, 15) is 9.90 Å². The van der Waals surface area contributed by atoms with Crippen molar-refractivity contribution in [3.63, 3.8) is 0 Å². The van der Waals surface area contributed by atoms with Crippen LogP contribution in [0.15, 0.2) is 36.4 Å². The third-order valence-corrected chi connectivity index (χ3v) is 2.72. The number of benzene rings is 1. The van der Waals surface area contributed by atoms with Crippen molar-refractivity contribution in [2.45, 2.75) is 13.5 Å². The van der Waals surface area contributed by atoms with Crippen LogP contribution in [-0.4, -0.2) is 33.2 Å². The lowest BCUT2D eigenvalue weighted by Crippen LogP contribution is -2.06. The standard InChI is InChI=1S/C14H15N3O3/c1-9(2)8-17-13(12(14(18)19)15-16-17)10-6-4-5-7-11(10)20-3/h4-7H,1,8H2,2-3H3,(H,18,19). The van der Waals surface area contributed by atoms with Gasteiger partial charge in [-0.05, 0) is 19.1 Å². The molecule has 0 saturated carbocycles. The van der Waals surface area contributed by atoms with Crippen LogP contribution in [0, 0.1) is 0 Å². The van der Waals surface area contributed by atoms with E-state index in [4.69, 9.17) is 4.74 Å². The minimum Gasteiger partial charge on any atom is -0.496 e. The van der Waals surface area contributed by atoms with Gasteiger partial charge in [-0.2, -0.15) is 0 Å². The van der Waals surface area contributed by atoms with Crippen molar-refractivity contribution in [3.8, 4) is 17.0 Å². The fourth-order valence-corrected chi connectivity index (χ4v) is 1.93. The normalized spacial score (nSPS) is 10.3. The summed E-state index contributed by atoms with van der Waals surface area (Å²) < 4.78 is 6.80. The third-order valence-electron chi connectivity index (χ3n) is 2.72. The fourth-order valence-electron chi connectivity index (χ4n) is 1.93. The molecule has 0 aliphatic carbocycles. The Balaban J connectivity index is 2.66. The first kappa shape index (κ1) is 13.8. The quantitative estimate of drug-likeness (QED) is 0.845. The summed E-state index contributed by atoms with van der Waals surface area (Å²) in [4.78, 5) is 11.3. The highest BCUT2D eigenvalue weighted by Gasteiger charge is 2.22. The lowest BCUT2D eigenvalue weighted by Gasteiger charge is -2.10. The zero-order valence-corrected chi connectivity index (χ0v) is 11.3. The van der Waals surface area contributed by atoms with E-state index in [1.54, 1.807) is 12.1 Å². The van der Waals surface area contributed by atoms with Gasteiger partial charge in [0.2, 0.25) is 0 Å². The molecule has 104 valence electrons. The number of nitrogens with zero attached hydrogens (tertiary/aromatic N) is 3. The highest BCUT2D eigenvalue weighted by Crippen LogP contribution is 2.31. The summed E-state index contributed by atoms with van der Waals surface area (Å²) in [6.45, 7) is 6.05. The van der Waals surface area contributed by atoms with Gasteiger partial charge in [0.25, 0.3) is 0 Å². The van der Waals surface area contributed by atoms with Crippen LogP contribution in [0.4, 0.5) is 0 Å². The molecule has 6 nitrogen and oxygen atoms in total. The Hall–Kier alpha value is -2.63. The number of rotatable bonds is 5. The van der Waals surface area contributed by atoms with Crippen LogP contribution in [0.5, 0.6) is 5.75 Å². The number of carbonyl (C=O) groups is 1. The topological polar surface area (TPSA) is 77.2 Å². The first-order chi connectivity index (χ1) is 9.54. The molecule has 0 saturated heterocycles. The van der Waals surface area contributed by atoms with Crippen molar-refractivity contribution in [1.82, 2.24) is 15.0 Å². The number of allylic oxidation sites excluding steroid dienone is 1. The highest BCUT2D eigenvalue weighted by molar-refractivity contribution is 5.93. The van der Waals surface area contributed by atoms with Gasteiger partial charge >= 0.3 is 5.97 Å². The van der Waals surface area contributed by atoms with Gasteiger partial charge in [-0.3, -0.25) is 0 Å². The smallest absolute Gasteiger partial charge is 0.358 e. The summed E-state index contributed by atoms with van der Waals surface area (Å²) in [7, 11) is 1.53. The third kappa shape index (κ3) is 2.54. The van der Waals surface area contributed by atoms with Gasteiger partial charge in [-0.25, -0.2) is 9.48 Å². The number of hydrogen-bond acceptors (Lipinski definition) is 4. The number of para-hydroxylation sites is 1. The predicted molar refractivity (Wildman–Crippen MR) is 73.8 cm³/mol. The van der Waals surface area contributed by atoms with Gasteiger partial charge in [0, 0.05) is 5.56 Å². The van der Waals surface area contributed by atoms with Gasteiger partial charge in [-0.1, -0.05) is 29.5 Å². The molecule has 2 aromatic rings. The molecule has 0 unspecified atom stereocenters. The molecule has 0 atom stereocenters. The van der Waals surface area contributed by atoms with E-state index in [1.165, 1.54) is 11.8 Å². The van der Waals surface area contributed by atoms with Crippen molar-refractivity contribution in [2.75, 3.05) is 7.11 Å². The van der Waals surface area contributed by atoms with E-state index in [-0.39, 0.29) is 5.69 Å². The number of hydrogen-bond donors (Lipinski definition) is 1. The van der Waals surface area contributed by atoms with E-state index in [0.717, 1.165) is 5.57 Å². The number of methoxy groups -OCH3 is 1. The average molecular weight is 273 g/mol. The van der Waals surface area contributed by atoms with Crippen LogP contribution in [0.25, 0.3) is 11.3 Å². The number of carboxylic acids is 1. The molecular weight excluding hydrogens is 258 g/mol. The monoisotopic (exact) mass is 273 g/mol. The summed E-state index contributed by atoms with van der Waals surface area (Å²) in [5.74, 6) is -0.556. The summed E-state index contributed by atoms with van der Waals surface area (Å²) in [6, 6.07) is 7.16. The molecular formula is C14H15N3O3. The molecule has 20 heavy (non-hydrogen) atoms. The first-order valence-electron chi connectivity index (χ1n) is 5.99. The van der Waals surface area contributed by atoms with Crippen LogP contribution >= 0.6 is 0 Å². The summed E-state index contributed by atoms with van der Waals surface area (Å²) in [5, 5.41) is 16.9. The molecule has 0 fully saturated rings. The van der Waals surface area contributed by atoms with Crippen LogP contribution in [0.1, 0.15) is 17.4 Å². The van der Waals surface area contributed by atoms with E-state index in [2.05, 4.69) is 16.9 Å². The Bertz CT molecular complexity index is 661. The van der Waals surface area contributed by atoms with Crippen LogP contribution < -0.4 is 4.74 Å². The molecule has 0 radical (unpaired) electrons. The molecule has 0 aliphatic heterocycles. The van der Waals surface area contributed by atoms with Gasteiger partial charge < -0.3 is 9.84 Å². The van der Waals surface area contributed by atoms with Crippen molar-refractivity contribution in [3.05, 3.63) is 42.1 Å². The maximum absolute atomic E-state index is 11.3. The lowest BCUT2D eigenvalue weighted by atomic mass is 10.1. The van der Waals surface area contributed by atoms with E-state index >= 15 is 0 Å². The Labute approximate surface area is 116 Å². The Morgan fingerprint density at radius 3 is 2.75 bits per heavy atom. The van der Waals surface area contributed by atoms with E-state index in [1.807, 2.05) is 19.1 Å². The van der Waals surface area contributed by atoms with E-state index < -0.39 is 5.97 Å². The van der Waals surface area contributed by atoms with Crippen LogP contribution in [0.2, 0.25) is 0 Å². The van der Waals surface area contributed by atoms with Crippen molar-refractivity contribution in [1.29, 1.82) is 0 Å². The van der Waals surface area contributed by atoms with Crippen molar-refractivity contribution in [2.24, 2.45) is 0 Å². The van der Waals surface area contributed by atoms with E-state index in [0.29, 0.717) is 23.6 Å². The molecule has 0 bridgehead atoms. The number of ether oxygens (including phenoxy) is 1. The molecule has 1 heterocycles. The van der Waals surface area contributed by atoms with Crippen molar-refractivity contribution < 1.29 is 14.6 Å². The zero-order valence-electron chi connectivity index (χ0n) is 11.3. The Kier molecular flexibility index (Phi) is 3.84.